The largest absolute Gasteiger partial charge is 0.269 e. The lowest BCUT2D eigenvalue weighted by atomic mass is 10.2. The van der Waals surface area contributed by atoms with Gasteiger partial charge in [-0.1, -0.05) is 18.2 Å². The fourth-order valence-corrected chi connectivity index (χ4v) is 1.40. The lowest BCUT2D eigenvalue weighted by molar-refractivity contribution is 0.894. The molecule has 1 nitrogen and oxygen atoms in total. The van der Waals surface area contributed by atoms with Gasteiger partial charge in [0.1, 0.15) is 0 Å². The van der Waals surface area contributed by atoms with E-state index in [-0.39, 0.29) is 0 Å². The predicted molar refractivity (Wildman–Crippen MR) is 45.4 cm³/mol. The van der Waals surface area contributed by atoms with Crippen molar-refractivity contribution in [3.63, 3.8) is 0 Å². The second kappa shape index (κ2) is 3.02. The molecule has 0 aromatic rings. The number of halogens is 1. The fourth-order valence-electron chi connectivity index (χ4n) is 1.19. The normalized spacial score (nSPS) is 17.7. The smallest absolute Gasteiger partial charge is 0.0443 e. The number of hydrogen-bond donors (Lipinski definition) is 0. The summed E-state index contributed by atoms with van der Waals surface area (Å²) < 4.78 is 0. The summed E-state index contributed by atoms with van der Waals surface area (Å²) in [7, 11) is 0. The molecule has 0 fully saturated rings. The van der Waals surface area contributed by atoms with Crippen LogP contribution < -0.4 is 0 Å². The molecule has 0 radical (unpaired) electrons. The lowest BCUT2D eigenvalue weighted by Gasteiger charge is -1.97. The summed E-state index contributed by atoms with van der Waals surface area (Å²) in [6, 6.07) is 0. The van der Waals surface area contributed by atoms with Crippen molar-refractivity contribution in [3.8, 4) is 0 Å². The first-order valence-corrected chi connectivity index (χ1v) is 3.67. The van der Waals surface area contributed by atoms with Crippen LogP contribution >= 0.6 is 11.6 Å². The number of aliphatic imine (C=N–C) groups is 1. The summed E-state index contributed by atoms with van der Waals surface area (Å²) in [5.41, 5.74) is 2.12. The van der Waals surface area contributed by atoms with Crippen LogP contribution in [0.1, 0.15) is 19.3 Å². The van der Waals surface area contributed by atoms with E-state index < -0.39 is 0 Å². The van der Waals surface area contributed by atoms with Gasteiger partial charge < -0.3 is 0 Å². The van der Waals surface area contributed by atoms with Crippen molar-refractivity contribution in [1.29, 1.82) is 0 Å². The number of nitrogens with zero attached hydrogens (tertiary/aromatic N) is 1. The van der Waals surface area contributed by atoms with Gasteiger partial charge in [-0.25, -0.2) is 0 Å². The van der Waals surface area contributed by atoms with Gasteiger partial charge >= 0.3 is 0 Å². The molecule has 0 unspecified atom stereocenters. The molecule has 2 heteroatoms. The van der Waals surface area contributed by atoms with Gasteiger partial charge in [-0.2, -0.15) is 0 Å². The van der Waals surface area contributed by atoms with Crippen LogP contribution in [0.4, 0.5) is 0 Å². The first-order valence-electron chi connectivity index (χ1n) is 3.29. The average molecular weight is 156 g/mol. The molecule has 0 aliphatic heterocycles. The molecule has 0 aromatic heterocycles. The van der Waals surface area contributed by atoms with Gasteiger partial charge in [0.2, 0.25) is 0 Å². The van der Waals surface area contributed by atoms with Gasteiger partial charge in [0, 0.05) is 10.7 Å². The fraction of sp³-hybridized carbons (Fsp3) is 0.375. The third-order valence-corrected chi connectivity index (χ3v) is 1.94. The third kappa shape index (κ3) is 1.29. The number of hydrogen-bond acceptors (Lipinski definition) is 1. The minimum Gasteiger partial charge on any atom is -0.269 e. The third-order valence-electron chi connectivity index (χ3n) is 1.71. The Kier molecular flexibility index (Phi) is 2.28. The van der Waals surface area contributed by atoms with Crippen LogP contribution in [-0.2, 0) is 0 Å². The van der Waals surface area contributed by atoms with Crippen molar-refractivity contribution in [2.24, 2.45) is 4.99 Å². The van der Waals surface area contributed by atoms with Crippen molar-refractivity contribution in [2.45, 2.75) is 19.3 Å². The Balaban J connectivity index is 2.88. The predicted octanol–water partition coefficient (Wildman–Crippen LogP) is 2.88. The highest BCUT2D eigenvalue weighted by atomic mass is 35.5. The molecule has 0 bridgehead atoms. The maximum atomic E-state index is 5.72. The first-order chi connectivity index (χ1) is 4.75. The van der Waals surface area contributed by atoms with E-state index in [2.05, 4.69) is 18.3 Å². The molecular weight excluding hydrogens is 146 g/mol. The van der Waals surface area contributed by atoms with E-state index >= 15 is 0 Å². The minimum absolute atomic E-state index is 0.625. The van der Waals surface area contributed by atoms with Crippen LogP contribution in [0.25, 0.3) is 0 Å². The van der Waals surface area contributed by atoms with Crippen molar-refractivity contribution < 1.29 is 0 Å². The molecule has 54 valence electrons. The molecular formula is C8H10ClN. The molecule has 0 amide bonds. The van der Waals surface area contributed by atoms with Crippen LogP contribution in [0.5, 0.6) is 0 Å². The van der Waals surface area contributed by atoms with E-state index in [9.17, 15) is 0 Å². The van der Waals surface area contributed by atoms with E-state index in [0.29, 0.717) is 5.03 Å². The van der Waals surface area contributed by atoms with E-state index in [4.69, 9.17) is 11.6 Å². The van der Waals surface area contributed by atoms with E-state index in [0.717, 1.165) is 30.5 Å². The molecule has 0 saturated carbocycles. The molecule has 1 aliphatic rings. The van der Waals surface area contributed by atoms with Gasteiger partial charge in [0.15, 0.2) is 0 Å². The second-order valence-corrected chi connectivity index (χ2v) is 2.80. The van der Waals surface area contributed by atoms with E-state index in [1.165, 1.54) is 0 Å². The lowest BCUT2D eigenvalue weighted by Crippen LogP contribution is -1.78. The molecule has 0 atom stereocenters. The summed E-state index contributed by atoms with van der Waals surface area (Å²) in [6.45, 7) is 7.12. The second-order valence-electron chi connectivity index (χ2n) is 2.34. The summed E-state index contributed by atoms with van der Waals surface area (Å²) in [4.78, 5) is 3.87. The topological polar surface area (TPSA) is 12.4 Å². The van der Waals surface area contributed by atoms with Crippen LogP contribution in [0.2, 0.25) is 0 Å². The zero-order valence-electron chi connectivity index (χ0n) is 5.86. The highest BCUT2D eigenvalue weighted by Gasteiger charge is 2.13. The molecule has 0 spiro atoms. The Morgan fingerprint density at radius 2 is 2.20 bits per heavy atom. The zero-order valence-corrected chi connectivity index (χ0v) is 6.62. The van der Waals surface area contributed by atoms with Crippen LogP contribution in [0.15, 0.2) is 27.9 Å². The van der Waals surface area contributed by atoms with Crippen LogP contribution in [0, 0.1) is 0 Å². The molecule has 0 aromatic carbocycles. The molecule has 0 heterocycles. The quantitative estimate of drug-likeness (QED) is 0.544. The molecule has 0 N–H and O–H groups in total. The monoisotopic (exact) mass is 155 g/mol. The Morgan fingerprint density at radius 1 is 1.50 bits per heavy atom. The highest BCUT2D eigenvalue weighted by Crippen LogP contribution is 2.32. The SMILES string of the molecule is C=NC1=C(C(=C)Cl)CCC1. The first kappa shape index (κ1) is 7.55. The molecule has 0 saturated heterocycles. The maximum Gasteiger partial charge on any atom is 0.0443 e. The van der Waals surface area contributed by atoms with Gasteiger partial charge in [-0.05, 0) is 31.6 Å². The van der Waals surface area contributed by atoms with Crippen LogP contribution in [-0.4, -0.2) is 6.72 Å². The van der Waals surface area contributed by atoms with Crippen molar-refractivity contribution in [2.75, 3.05) is 0 Å². The maximum absolute atomic E-state index is 5.72. The van der Waals surface area contributed by atoms with Crippen molar-refractivity contribution in [3.05, 3.63) is 22.9 Å². The molecule has 1 aliphatic carbocycles. The van der Waals surface area contributed by atoms with Gasteiger partial charge in [0.05, 0.1) is 0 Å². The highest BCUT2D eigenvalue weighted by molar-refractivity contribution is 6.31. The van der Waals surface area contributed by atoms with Gasteiger partial charge in [-0.15, -0.1) is 0 Å². The van der Waals surface area contributed by atoms with Crippen molar-refractivity contribution >= 4 is 18.3 Å². The van der Waals surface area contributed by atoms with Gasteiger partial charge in [-0.3, -0.25) is 4.99 Å². The summed E-state index contributed by atoms with van der Waals surface area (Å²) in [5, 5.41) is 0.625. The molecule has 10 heavy (non-hydrogen) atoms. The Bertz CT molecular complexity index is 203. The Morgan fingerprint density at radius 3 is 2.60 bits per heavy atom. The standard InChI is InChI=1S/C8H10ClN/c1-6(9)7-4-3-5-8(7)10-2/h1-5H2. The van der Waals surface area contributed by atoms with Gasteiger partial charge in [0.25, 0.3) is 0 Å². The Labute approximate surface area is 66.1 Å². The molecule has 1 rings (SSSR count). The number of allylic oxidation sites excluding steroid dienone is 3. The van der Waals surface area contributed by atoms with E-state index in [1.54, 1.807) is 0 Å². The summed E-state index contributed by atoms with van der Waals surface area (Å²) in [6.07, 6.45) is 3.15. The summed E-state index contributed by atoms with van der Waals surface area (Å²) >= 11 is 5.72. The zero-order chi connectivity index (χ0) is 7.56. The Hall–Kier alpha value is -0.560. The summed E-state index contributed by atoms with van der Waals surface area (Å²) in [5.74, 6) is 0. The van der Waals surface area contributed by atoms with E-state index in [1.807, 2.05) is 0 Å². The minimum atomic E-state index is 0.625. The average Bonchev–Trinajstić information content (AvgIpc) is 2.33. The number of rotatable bonds is 2. The van der Waals surface area contributed by atoms with Crippen molar-refractivity contribution in [1.82, 2.24) is 0 Å². The van der Waals surface area contributed by atoms with Crippen LogP contribution in [0.3, 0.4) is 0 Å².